The highest BCUT2D eigenvalue weighted by Gasteiger charge is 2.56. The standard InChI is InChI=1S/C92H172N18O2/c1-77(2)47-63(48-78(3,4)99(77)33)107(71-93-73(97-75(95-71)111-69-59-89(25,26)105(39)90(27,28)60-69)109(65-51-81(9,10)101(35)82(11,12)52-65)66-53-83(13,14)102(36)84(15,16)54-66)45-43-41-42-44-46-108(64-49-79(5,6)100(34)80(7,8)50-64)72-94-74(98-76(96-72)112-70-61-91(29,30)106(40)92(31,32)62-70)110(67-55-85(17,18)103(37)86(19,20)56-67)68-57-87(21,22)104(38)88(23,24)58-68/h63-70H,41-62H2,1-40H3. The van der Waals surface area contributed by atoms with E-state index in [9.17, 15) is 0 Å². The normalized spacial score (nSPS) is 28.8. The largest absolute Gasteiger partial charge is 0.460 e. The second-order valence-corrected chi connectivity index (χ2v) is 48.2. The molecule has 0 N–H and O–H groups in total. The number of hydrogen-bond donors (Lipinski definition) is 0. The van der Waals surface area contributed by atoms with Gasteiger partial charge in [0.2, 0.25) is 23.8 Å². The van der Waals surface area contributed by atoms with E-state index in [0.717, 1.165) is 165 Å². The van der Waals surface area contributed by atoms with Crippen molar-refractivity contribution in [3.8, 4) is 12.0 Å². The molecule has 0 bridgehead atoms. The first kappa shape index (κ1) is 90.8. The fourth-order valence-corrected chi connectivity index (χ4v) is 24.5. The summed E-state index contributed by atoms with van der Waals surface area (Å²) in [7, 11) is 18.6. The minimum atomic E-state index is -0.0973. The van der Waals surface area contributed by atoms with Crippen LogP contribution in [0.5, 0.6) is 12.0 Å². The molecule has 8 aliphatic rings. The zero-order valence-electron chi connectivity index (χ0n) is 80.0. The van der Waals surface area contributed by atoms with Gasteiger partial charge in [0.05, 0.1) is 0 Å². The van der Waals surface area contributed by atoms with Gasteiger partial charge >= 0.3 is 12.0 Å². The minimum absolute atomic E-state index is 0.0755. The molecule has 20 nitrogen and oxygen atoms in total. The predicted octanol–water partition coefficient (Wildman–Crippen LogP) is 17.5. The van der Waals surface area contributed by atoms with Crippen LogP contribution in [0.25, 0.3) is 0 Å². The zero-order chi connectivity index (χ0) is 84.2. The number of rotatable bonds is 21. The minimum Gasteiger partial charge on any atom is -0.460 e. The SMILES string of the molecule is CN1C(C)(C)CC(Oc2nc(N(CCCCCCN(c3nc(OC4CC(C)(C)N(C)C(C)(C)C4)nc(N(C4CC(C)(C)N(C)C(C)(C)C4)C4CC(C)(C)N(C)C(C)(C)C4)n3)C3CC(C)(C)N(C)C(C)(C)C3)C3CC(C)(C)N(C)C(C)(C)C3)nc(N(C3CC(C)(C)N(C)C(C)(C)C3)C3CC(C)(C)N(C)C(C)(C)C3)n2)CC1(C)C. The summed E-state index contributed by atoms with van der Waals surface area (Å²) in [5.41, 5.74) is -1.36. The number of anilines is 4. The molecule has 2 aromatic rings. The Balaban J connectivity index is 1.07. The third-order valence-electron chi connectivity index (χ3n) is 33.0. The van der Waals surface area contributed by atoms with Crippen LogP contribution >= 0.6 is 0 Å². The third-order valence-corrected chi connectivity index (χ3v) is 33.0. The van der Waals surface area contributed by atoms with Crippen LogP contribution in [-0.4, -0.2) is 276 Å². The molecule has 10 heterocycles. The van der Waals surface area contributed by atoms with Crippen molar-refractivity contribution in [3.05, 3.63) is 0 Å². The molecule has 8 fully saturated rings. The van der Waals surface area contributed by atoms with E-state index < -0.39 is 0 Å². The average Bonchev–Trinajstić information content (AvgIpc) is 0.902. The van der Waals surface area contributed by atoms with Crippen molar-refractivity contribution in [2.45, 2.75) is 487 Å². The molecule has 112 heavy (non-hydrogen) atoms. The van der Waals surface area contributed by atoms with Gasteiger partial charge in [-0.3, -0.25) is 39.2 Å². The molecule has 0 spiro atoms. The Bertz CT molecular complexity index is 3130. The van der Waals surface area contributed by atoms with Crippen molar-refractivity contribution in [2.24, 2.45) is 0 Å². The van der Waals surface area contributed by atoms with Gasteiger partial charge in [-0.2, -0.15) is 29.9 Å². The Labute approximate surface area is 686 Å². The highest BCUT2D eigenvalue weighted by atomic mass is 16.5. The van der Waals surface area contributed by atoms with E-state index in [1.807, 2.05) is 0 Å². The lowest BCUT2D eigenvalue weighted by molar-refractivity contribution is -0.0583. The molecule has 8 saturated heterocycles. The third kappa shape index (κ3) is 18.4. The molecule has 0 radical (unpaired) electrons. The van der Waals surface area contributed by atoms with Gasteiger partial charge < -0.3 is 29.1 Å². The van der Waals surface area contributed by atoms with Crippen LogP contribution in [0, 0.1) is 0 Å². The number of likely N-dealkylation sites (tertiary alicyclic amines) is 8. The molecule has 0 unspecified atom stereocenters. The number of aromatic nitrogens is 6. The lowest BCUT2D eigenvalue weighted by atomic mass is 9.73. The van der Waals surface area contributed by atoms with E-state index >= 15 is 0 Å². The van der Waals surface area contributed by atoms with E-state index in [2.05, 4.69) is 337 Å². The van der Waals surface area contributed by atoms with E-state index in [4.69, 9.17) is 39.4 Å². The van der Waals surface area contributed by atoms with Crippen molar-refractivity contribution in [1.82, 2.24) is 69.1 Å². The summed E-state index contributed by atoms with van der Waals surface area (Å²) in [6.07, 6.45) is 19.2. The highest BCUT2D eigenvalue weighted by molar-refractivity contribution is 5.47. The number of piperidine rings is 8. The van der Waals surface area contributed by atoms with Crippen LogP contribution < -0.4 is 29.1 Å². The summed E-state index contributed by atoms with van der Waals surface area (Å²) >= 11 is 0. The van der Waals surface area contributed by atoms with E-state index in [1.165, 1.54) is 0 Å². The van der Waals surface area contributed by atoms with Gasteiger partial charge in [-0.25, -0.2) is 0 Å². The molecule has 10 rings (SSSR count). The van der Waals surface area contributed by atoms with Crippen LogP contribution in [0.1, 0.15) is 350 Å². The van der Waals surface area contributed by atoms with Crippen LogP contribution in [0.2, 0.25) is 0 Å². The Morgan fingerprint density at radius 3 is 0.571 bits per heavy atom. The number of ether oxygens (including phenoxy) is 2. The van der Waals surface area contributed by atoms with Gasteiger partial charge in [0.25, 0.3) is 0 Å². The first-order chi connectivity index (χ1) is 50.6. The predicted molar refractivity (Wildman–Crippen MR) is 471 cm³/mol. The monoisotopic (exact) mass is 1560 g/mol. The molecule has 0 saturated carbocycles. The lowest BCUT2D eigenvalue weighted by Gasteiger charge is -2.60. The van der Waals surface area contributed by atoms with Crippen molar-refractivity contribution >= 4 is 23.8 Å². The van der Waals surface area contributed by atoms with Gasteiger partial charge in [-0.05, 0) is 368 Å². The van der Waals surface area contributed by atoms with E-state index in [-0.39, 0.29) is 137 Å². The lowest BCUT2D eigenvalue weighted by Crippen LogP contribution is -2.67. The van der Waals surface area contributed by atoms with E-state index in [0.29, 0.717) is 12.0 Å². The molecular formula is C92H172N18O2. The number of nitrogens with zero attached hydrogens (tertiary/aromatic N) is 18. The summed E-state index contributed by atoms with van der Waals surface area (Å²) in [5.74, 6) is 3.08. The topological polar surface area (TPSA) is 135 Å². The van der Waals surface area contributed by atoms with Gasteiger partial charge in [0.1, 0.15) is 12.2 Å². The quantitative estimate of drug-likeness (QED) is 0.110. The van der Waals surface area contributed by atoms with E-state index in [1.54, 1.807) is 0 Å². The van der Waals surface area contributed by atoms with Crippen molar-refractivity contribution < 1.29 is 9.47 Å². The summed E-state index contributed by atoms with van der Waals surface area (Å²) in [6, 6.07) is 1.94. The second-order valence-electron chi connectivity index (χ2n) is 48.2. The first-order valence-electron chi connectivity index (χ1n) is 44.5. The molecular weight excluding hydrogens is 1390 g/mol. The Kier molecular flexibility index (Phi) is 24.6. The fourth-order valence-electron chi connectivity index (χ4n) is 24.5. The summed E-state index contributed by atoms with van der Waals surface area (Å²) < 4.78 is 15.0. The smallest absolute Gasteiger partial charge is 0.323 e. The van der Waals surface area contributed by atoms with Gasteiger partial charge in [0.15, 0.2) is 0 Å². The summed E-state index contributed by atoms with van der Waals surface area (Å²) in [6.45, 7) is 79.5. The molecule has 0 atom stereocenters. The maximum Gasteiger partial charge on any atom is 0.323 e. The Morgan fingerprint density at radius 2 is 0.384 bits per heavy atom. The Hall–Kier alpha value is -3.50. The van der Waals surface area contributed by atoms with Crippen molar-refractivity contribution in [3.63, 3.8) is 0 Å². The molecule has 0 aromatic carbocycles. The fraction of sp³-hybridized carbons (Fsp3) is 0.935. The maximum absolute atomic E-state index is 7.50. The molecule has 20 heteroatoms. The average molecular weight is 1560 g/mol. The molecule has 0 amide bonds. The van der Waals surface area contributed by atoms with Crippen LogP contribution in [0.15, 0.2) is 0 Å². The van der Waals surface area contributed by atoms with Crippen LogP contribution in [0.3, 0.4) is 0 Å². The first-order valence-corrected chi connectivity index (χ1v) is 44.5. The van der Waals surface area contributed by atoms with Gasteiger partial charge in [-0.15, -0.1) is 0 Å². The molecule has 2 aromatic heterocycles. The molecule has 8 aliphatic heterocycles. The van der Waals surface area contributed by atoms with Gasteiger partial charge in [-0.1, -0.05) is 12.8 Å². The highest BCUT2D eigenvalue weighted by Crippen LogP contribution is 2.51. The van der Waals surface area contributed by atoms with Gasteiger partial charge in [0, 0.05) is 164 Å². The molecule has 0 aliphatic carbocycles. The Morgan fingerprint density at radius 1 is 0.223 bits per heavy atom. The van der Waals surface area contributed by atoms with Crippen LogP contribution in [0.4, 0.5) is 23.8 Å². The zero-order valence-corrected chi connectivity index (χ0v) is 80.0. The molecule has 642 valence electrons. The van der Waals surface area contributed by atoms with Crippen LogP contribution in [-0.2, 0) is 0 Å². The number of hydrogen-bond acceptors (Lipinski definition) is 20. The number of unbranched alkanes of at least 4 members (excludes halogenated alkanes) is 3. The van der Waals surface area contributed by atoms with Crippen molar-refractivity contribution in [2.75, 3.05) is 89.1 Å². The van der Waals surface area contributed by atoms with Crippen molar-refractivity contribution in [1.29, 1.82) is 0 Å². The summed E-state index contributed by atoms with van der Waals surface area (Å²) in [4.78, 5) is 66.8. The second kappa shape index (κ2) is 30.3. The maximum atomic E-state index is 7.50. The summed E-state index contributed by atoms with van der Waals surface area (Å²) in [5, 5.41) is 0.